The minimum absolute atomic E-state index is 0.367. The predicted molar refractivity (Wildman–Crippen MR) is 91.3 cm³/mol. The van der Waals surface area contributed by atoms with Crippen LogP contribution in [0.3, 0.4) is 0 Å². The quantitative estimate of drug-likeness (QED) is 0.794. The summed E-state index contributed by atoms with van der Waals surface area (Å²) in [6.07, 6.45) is -0.769. The molecule has 0 atom stereocenters. The van der Waals surface area contributed by atoms with Crippen molar-refractivity contribution in [3.8, 4) is 0 Å². The number of nitrogens with one attached hydrogen (secondary N) is 1. The fraction of sp³-hybridized carbons (Fsp3) is 0.333. The molecule has 1 aromatic carbocycles. The van der Waals surface area contributed by atoms with Crippen LogP contribution < -0.4 is 5.32 Å². The highest BCUT2D eigenvalue weighted by Gasteiger charge is 2.33. The van der Waals surface area contributed by atoms with Crippen LogP contribution >= 0.6 is 11.3 Å². The average molecular weight is 383 g/mol. The molecule has 0 unspecified atom stereocenters. The molecule has 1 heterocycles. The van der Waals surface area contributed by atoms with Crippen LogP contribution in [0.5, 0.6) is 0 Å². The molecule has 1 aliphatic rings. The number of thiophene rings is 1. The molecule has 1 amide bonds. The monoisotopic (exact) mass is 383 g/mol. The molecule has 3 rings (SSSR count). The maximum Gasteiger partial charge on any atom is 0.418 e. The Labute approximate surface area is 152 Å². The Morgan fingerprint density at radius 3 is 2.65 bits per heavy atom. The maximum absolute atomic E-state index is 12.9. The molecule has 0 radical (unpaired) electrons. The van der Waals surface area contributed by atoms with Crippen LogP contribution in [0.1, 0.15) is 39.2 Å². The molecule has 26 heavy (non-hydrogen) atoms. The van der Waals surface area contributed by atoms with Crippen molar-refractivity contribution < 1.29 is 27.5 Å². The first kappa shape index (κ1) is 18.4. The first-order valence-electron chi connectivity index (χ1n) is 8.08. The van der Waals surface area contributed by atoms with Crippen LogP contribution in [0.2, 0.25) is 0 Å². The largest absolute Gasteiger partial charge is 0.452 e. The summed E-state index contributed by atoms with van der Waals surface area (Å²) in [6.45, 7) is -0.643. The second kappa shape index (κ2) is 7.49. The van der Waals surface area contributed by atoms with E-state index in [0.717, 1.165) is 48.3 Å². The number of carbonyl (C=O) groups excluding carboxylic acids is 2. The second-order valence-corrected chi connectivity index (χ2v) is 6.89. The van der Waals surface area contributed by atoms with Gasteiger partial charge in [0.2, 0.25) is 0 Å². The summed E-state index contributed by atoms with van der Waals surface area (Å²) >= 11 is 1.50. The van der Waals surface area contributed by atoms with E-state index in [0.29, 0.717) is 5.56 Å². The number of fused-ring (bicyclic) bond motifs is 1. The van der Waals surface area contributed by atoms with Gasteiger partial charge in [0.15, 0.2) is 6.61 Å². The van der Waals surface area contributed by atoms with Gasteiger partial charge in [-0.05, 0) is 43.4 Å². The van der Waals surface area contributed by atoms with E-state index in [1.807, 2.05) is 0 Å². The number of carbonyl (C=O) groups is 2. The number of benzene rings is 1. The van der Waals surface area contributed by atoms with Gasteiger partial charge in [0.1, 0.15) is 0 Å². The zero-order valence-electron chi connectivity index (χ0n) is 13.7. The number of anilines is 1. The second-order valence-electron chi connectivity index (χ2n) is 5.93. The van der Waals surface area contributed by atoms with Gasteiger partial charge in [0, 0.05) is 10.3 Å². The Kier molecular flexibility index (Phi) is 5.31. The molecule has 0 saturated carbocycles. The summed E-state index contributed by atoms with van der Waals surface area (Å²) in [6, 6.07) is 4.64. The smallest absolute Gasteiger partial charge is 0.418 e. The fourth-order valence-electron chi connectivity index (χ4n) is 2.90. The van der Waals surface area contributed by atoms with Gasteiger partial charge in [-0.15, -0.1) is 11.3 Å². The third-order valence-corrected chi connectivity index (χ3v) is 5.21. The molecule has 0 fully saturated rings. The minimum atomic E-state index is -4.59. The Morgan fingerprint density at radius 2 is 1.88 bits per heavy atom. The van der Waals surface area contributed by atoms with Crippen molar-refractivity contribution in [1.82, 2.24) is 0 Å². The van der Waals surface area contributed by atoms with E-state index in [1.165, 1.54) is 23.5 Å². The number of aryl methyl sites for hydroxylation is 1. The number of esters is 1. The normalized spacial score (nSPS) is 13.8. The molecule has 4 nitrogen and oxygen atoms in total. The number of ether oxygens (including phenoxy) is 1. The van der Waals surface area contributed by atoms with E-state index >= 15 is 0 Å². The highest BCUT2D eigenvalue weighted by molar-refractivity contribution is 7.10. The van der Waals surface area contributed by atoms with E-state index in [4.69, 9.17) is 4.74 Å². The van der Waals surface area contributed by atoms with E-state index < -0.39 is 30.2 Å². The van der Waals surface area contributed by atoms with Crippen molar-refractivity contribution in [3.63, 3.8) is 0 Å². The third-order valence-electron chi connectivity index (χ3n) is 4.12. The van der Waals surface area contributed by atoms with Crippen LogP contribution in [-0.2, 0) is 28.5 Å². The van der Waals surface area contributed by atoms with Crippen molar-refractivity contribution in [2.45, 2.75) is 31.9 Å². The highest BCUT2D eigenvalue weighted by atomic mass is 32.1. The molecule has 0 bridgehead atoms. The number of alkyl halides is 3. The van der Waals surface area contributed by atoms with Crippen molar-refractivity contribution in [1.29, 1.82) is 0 Å². The molecule has 8 heteroatoms. The summed E-state index contributed by atoms with van der Waals surface area (Å²) in [5, 5.41) is 3.86. The summed E-state index contributed by atoms with van der Waals surface area (Å²) in [7, 11) is 0. The first-order valence-corrected chi connectivity index (χ1v) is 8.96. The third kappa shape index (κ3) is 4.07. The van der Waals surface area contributed by atoms with Gasteiger partial charge in [-0.3, -0.25) is 4.79 Å². The Bertz CT molecular complexity index is 829. The molecule has 2 aromatic rings. The number of amides is 1. The van der Waals surface area contributed by atoms with Gasteiger partial charge in [0.05, 0.1) is 16.8 Å². The number of hydrogen-bond donors (Lipinski definition) is 1. The van der Waals surface area contributed by atoms with Gasteiger partial charge < -0.3 is 10.1 Å². The van der Waals surface area contributed by atoms with Crippen molar-refractivity contribution in [2.75, 3.05) is 11.9 Å². The maximum atomic E-state index is 12.9. The topological polar surface area (TPSA) is 55.4 Å². The van der Waals surface area contributed by atoms with E-state index in [2.05, 4.69) is 5.32 Å². The van der Waals surface area contributed by atoms with Crippen molar-refractivity contribution >= 4 is 28.9 Å². The predicted octanol–water partition coefficient (Wildman–Crippen LogP) is 4.44. The van der Waals surface area contributed by atoms with Crippen LogP contribution in [0, 0.1) is 0 Å². The Morgan fingerprint density at radius 1 is 1.15 bits per heavy atom. The SMILES string of the molecule is O=C(COC(=O)c1csc2c1CCCC2)Nc1ccccc1C(F)(F)F. The summed E-state index contributed by atoms with van der Waals surface area (Å²) in [5.41, 5.74) is 0.0998. The van der Waals surface area contributed by atoms with Gasteiger partial charge in [-0.2, -0.15) is 13.2 Å². The molecular weight excluding hydrogens is 367 g/mol. The molecule has 0 saturated heterocycles. The summed E-state index contributed by atoms with van der Waals surface area (Å²) < 4.78 is 43.8. The van der Waals surface area contributed by atoms with Crippen LogP contribution in [-0.4, -0.2) is 18.5 Å². The molecule has 1 N–H and O–H groups in total. The number of para-hydroxylation sites is 1. The lowest BCUT2D eigenvalue weighted by Gasteiger charge is -2.14. The molecular formula is C18H16F3NO3S. The number of rotatable bonds is 4. The Balaban J connectivity index is 1.62. The van der Waals surface area contributed by atoms with Crippen LogP contribution in [0.25, 0.3) is 0 Å². The zero-order chi connectivity index (χ0) is 18.7. The Hall–Kier alpha value is -2.35. The number of hydrogen-bond acceptors (Lipinski definition) is 4. The van der Waals surface area contributed by atoms with Gasteiger partial charge in [0.25, 0.3) is 5.91 Å². The molecule has 0 aliphatic heterocycles. The van der Waals surface area contributed by atoms with Crippen molar-refractivity contribution in [2.24, 2.45) is 0 Å². The lowest BCUT2D eigenvalue weighted by Crippen LogP contribution is -2.23. The van der Waals surface area contributed by atoms with E-state index in [9.17, 15) is 22.8 Å². The molecule has 0 spiro atoms. The summed E-state index contributed by atoms with van der Waals surface area (Å²) in [4.78, 5) is 25.2. The highest BCUT2D eigenvalue weighted by Crippen LogP contribution is 2.34. The van der Waals surface area contributed by atoms with Crippen LogP contribution in [0.4, 0.5) is 18.9 Å². The van der Waals surface area contributed by atoms with Gasteiger partial charge >= 0.3 is 12.1 Å². The van der Waals surface area contributed by atoms with Gasteiger partial charge in [-0.25, -0.2) is 4.79 Å². The first-order chi connectivity index (χ1) is 12.4. The van der Waals surface area contributed by atoms with Crippen LogP contribution in [0.15, 0.2) is 29.6 Å². The lowest BCUT2D eigenvalue weighted by molar-refractivity contribution is -0.137. The molecule has 138 valence electrons. The average Bonchev–Trinajstić information content (AvgIpc) is 3.03. The van der Waals surface area contributed by atoms with E-state index in [-0.39, 0.29) is 5.69 Å². The molecule has 1 aliphatic carbocycles. The standard InChI is InChI=1S/C18H16F3NO3S/c19-18(20,21)13-6-2-3-7-14(13)22-16(23)9-25-17(24)12-10-26-15-8-4-1-5-11(12)15/h2-3,6-7,10H,1,4-5,8-9H2,(H,22,23). The fourth-order valence-corrected chi connectivity index (χ4v) is 4.01. The minimum Gasteiger partial charge on any atom is -0.452 e. The van der Waals surface area contributed by atoms with Gasteiger partial charge in [-0.1, -0.05) is 12.1 Å². The number of halogens is 3. The lowest BCUT2D eigenvalue weighted by atomic mass is 9.96. The summed E-state index contributed by atoms with van der Waals surface area (Å²) in [5.74, 6) is -1.44. The zero-order valence-corrected chi connectivity index (χ0v) is 14.5. The van der Waals surface area contributed by atoms with Crippen molar-refractivity contribution in [3.05, 3.63) is 51.2 Å². The molecule has 1 aromatic heterocycles. The van der Waals surface area contributed by atoms with E-state index in [1.54, 1.807) is 5.38 Å².